The summed E-state index contributed by atoms with van der Waals surface area (Å²) >= 11 is 0. The SMILES string of the molecule is CCC1=C2[C@@H](CC/C(=C/c3ccccc3O)c3ccccc3)OC[C@@H]2[C@@H]2C(=O)N(c3ccccc3)C(=O)[C@@H]2C1. The van der Waals surface area contributed by atoms with Gasteiger partial charge < -0.3 is 9.84 Å². The van der Waals surface area contributed by atoms with Crippen LogP contribution in [0, 0.1) is 17.8 Å². The number of imide groups is 1. The lowest BCUT2D eigenvalue weighted by Gasteiger charge is -2.31. The lowest BCUT2D eigenvalue weighted by atomic mass is 9.69. The Labute approximate surface area is 229 Å². The first-order chi connectivity index (χ1) is 19.1. The molecule has 0 radical (unpaired) electrons. The molecule has 5 heteroatoms. The van der Waals surface area contributed by atoms with Gasteiger partial charge in [0.2, 0.25) is 11.8 Å². The minimum Gasteiger partial charge on any atom is -0.507 e. The quantitative estimate of drug-likeness (QED) is 0.216. The number of carbonyl (C=O) groups is 2. The number of hydrogen-bond acceptors (Lipinski definition) is 4. The van der Waals surface area contributed by atoms with Gasteiger partial charge in [0.15, 0.2) is 0 Å². The second-order valence-corrected chi connectivity index (χ2v) is 10.7. The number of phenols is 1. The topological polar surface area (TPSA) is 66.8 Å². The van der Waals surface area contributed by atoms with Crippen molar-refractivity contribution in [2.75, 3.05) is 11.5 Å². The van der Waals surface area contributed by atoms with Gasteiger partial charge in [-0.2, -0.15) is 0 Å². The molecule has 0 spiro atoms. The summed E-state index contributed by atoms with van der Waals surface area (Å²) < 4.78 is 6.41. The zero-order valence-electron chi connectivity index (χ0n) is 22.1. The number of allylic oxidation sites excluding steroid dienone is 2. The summed E-state index contributed by atoms with van der Waals surface area (Å²) in [4.78, 5) is 28.5. The maximum absolute atomic E-state index is 13.7. The van der Waals surface area contributed by atoms with Crippen molar-refractivity contribution >= 4 is 29.2 Å². The smallest absolute Gasteiger partial charge is 0.238 e. The number of rotatable bonds is 7. The predicted octanol–water partition coefficient (Wildman–Crippen LogP) is 6.64. The Morgan fingerprint density at radius 3 is 2.33 bits per heavy atom. The van der Waals surface area contributed by atoms with Crippen molar-refractivity contribution in [2.24, 2.45) is 17.8 Å². The van der Waals surface area contributed by atoms with Crippen LogP contribution in [-0.2, 0) is 14.3 Å². The third kappa shape index (κ3) is 4.61. The fourth-order valence-electron chi connectivity index (χ4n) is 6.68. The third-order valence-electron chi connectivity index (χ3n) is 8.54. The van der Waals surface area contributed by atoms with Crippen LogP contribution in [0.25, 0.3) is 11.6 Å². The summed E-state index contributed by atoms with van der Waals surface area (Å²) in [5.74, 6) is -0.659. The van der Waals surface area contributed by atoms with Gasteiger partial charge in [-0.3, -0.25) is 14.5 Å². The molecule has 198 valence electrons. The number of hydrogen-bond donors (Lipinski definition) is 1. The number of para-hydroxylation sites is 2. The number of nitrogens with zero attached hydrogens (tertiary/aromatic N) is 1. The minimum absolute atomic E-state index is 0.0591. The van der Waals surface area contributed by atoms with E-state index in [1.54, 1.807) is 6.07 Å². The summed E-state index contributed by atoms with van der Waals surface area (Å²) in [6.45, 7) is 2.61. The Morgan fingerprint density at radius 2 is 1.62 bits per heavy atom. The zero-order chi connectivity index (χ0) is 26.9. The lowest BCUT2D eigenvalue weighted by molar-refractivity contribution is -0.122. The molecule has 0 bridgehead atoms. The first-order valence-electron chi connectivity index (χ1n) is 13.9. The fraction of sp³-hybridized carbons (Fsp3) is 0.294. The Hall–Kier alpha value is -3.96. The van der Waals surface area contributed by atoms with E-state index >= 15 is 0 Å². The number of fused-ring (bicyclic) bond motifs is 3. The van der Waals surface area contributed by atoms with E-state index in [2.05, 4.69) is 25.1 Å². The van der Waals surface area contributed by atoms with Crippen LogP contribution < -0.4 is 4.90 Å². The van der Waals surface area contributed by atoms with Gasteiger partial charge in [-0.1, -0.05) is 79.2 Å². The highest BCUT2D eigenvalue weighted by Gasteiger charge is 2.57. The highest BCUT2D eigenvalue weighted by Crippen LogP contribution is 2.51. The van der Waals surface area contributed by atoms with Crippen LogP contribution >= 0.6 is 0 Å². The molecule has 0 unspecified atom stereocenters. The Kier molecular flexibility index (Phi) is 6.92. The molecule has 5 nitrogen and oxygen atoms in total. The highest BCUT2D eigenvalue weighted by molar-refractivity contribution is 6.22. The van der Waals surface area contributed by atoms with E-state index in [9.17, 15) is 14.7 Å². The fourth-order valence-corrected chi connectivity index (χ4v) is 6.68. The maximum atomic E-state index is 13.7. The van der Waals surface area contributed by atoms with E-state index in [0.717, 1.165) is 36.0 Å². The van der Waals surface area contributed by atoms with Crippen molar-refractivity contribution in [2.45, 2.75) is 38.7 Å². The number of benzene rings is 3. The molecule has 39 heavy (non-hydrogen) atoms. The lowest BCUT2D eigenvalue weighted by Crippen LogP contribution is -2.34. The molecule has 0 saturated carbocycles. The second-order valence-electron chi connectivity index (χ2n) is 10.7. The van der Waals surface area contributed by atoms with E-state index in [1.165, 1.54) is 16.0 Å². The normalized spacial score (nSPS) is 24.7. The third-order valence-corrected chi connectivity index (χ3v) is 8.54. The Bertz CT molecular complexity index is 1440. The van der Waals surface area contributed by atoms with E-state index in [1.807, 2.05) is 66.7 Å². The van der Waals surface area contributed by atoms with Crippen LogP contribution in [0.5, 0.6) is 5.75 Å². The second kappa shape index (κ2) is 10.7. The van der Waals surface area contributed by atoms with Crippen LogP contribution in [-0.4, -0.2) is 29.6 Å². The molecule has 1 N–H and O–H groups in total. The van der Waals surface area contributed by atoms with Gasteiger partial charge in [-0.25, -0.2) is 0 Å². The molecule has 1 aliphatic carbocycles. The first kappa shape index (κ1) is 25.3. The van der Waals surface area contributed by atoms with Crippen molar-refractivity contribution in [3.8, 4) is 5.75 Å². The summed E-state index contributed by atoms with van der Waals surface area (Å²) in [6.07, 6.45) is 4.97. The predicted molar refractivity (Wildman–Crippen MR) is 153 cm³/mol. The zero-order valence-corrected chi connectivity index (χ0v) is 22.1. The number of anilines is 1. The Morgan fingerprint density at radius 1 is 0.923 bits per heavy atom. The summed E-state index contributed by atoms with van der Waals surface area (Å²) in [6, 6.07) is 26.9. The average Bonchev–Trinajstić information content (AvgIpc) is 3.50. The van der Waals surface area contributed by atoms with Crippen molar-refractivity contribution in [3.05, 3.63) is 107 Å². The summed E-state index contributed by atoms with van der Waals surface area (Å²) in [5, 5.41) is 10.4. The number of carbonyl (C=O) groups excluding carboxylic acids is 2. The minimum atomic E-state index is -0.363. The molecule has 2 heterocycles. The highest BCUT2D eigenvalue weighted by atomic mass is 16.5. The van der Waals surface area contributed by atoms with E-state index in [4.69, 9.17) is 4.74 Å². The number of phenolic OH excluding ortho intramolecular Hbond substituents is 1. The molecule has 2 fully saturated rings. The summed E-state index contributed by atoms with van der Waals surface area (Å²) in [7, 11) is 0. The van der Waals surface area contributed by atoms with E-state index < -0.39 is 0 Å². The van der Waals surface area contributed by atoms with Gasteiger partial charge in [0, 0.05) is 11.5 Å². The van der Waals surface area contributed by atoms with Crippen LogP contribution in [0.2, 0.25) is 0 Å². The van der Waals surface area contributed by atoms with E-state index in [-0.39, 0.29) is 41.4 Å². The molecule has 3 aliphatic rings. The van der Waals surface area contributed by atoms with Gasteiger partial charge in [-0.05, 0) is 66.7 Å². The maximum Gasteiger partial charge on any atom is 0.238 e. The first-order valence-corrected chi connectivity index (χ1v) is 13.9. The van der Waals surface area contributed by atoms with Gasteiger partial charge in [0.05, 0.1) is 30.2 Å². The van der Waals surface area contributed by atoms with E-state index in [0.29, 0.717) is 18.7 Å². The molecule has 0 aromatic heterocycles. The van der Waals surface area contributed by atoms with Crippen LogP contribution in [0.3, 0.4) is 0 Å². The molecule has 3 aromatic carbocycles. The van der Waals surface area contributed by atoms with Gasteiger partial charge >= 0.3 is 0 Å². The number of amides is 2. The van der Waals surface area contributed by atoms with Crippen molar-refractivity contribution in [1.82, 2.24) is 0 Å². The number of aromatic hydroxyl groups is 1. The van der Waals surface area contributed by atoms with Crippen LogP contribution in [0.1, 0.15) is 43.7 Å². The molecule has 4 atom stereocenters. The Balaban J connectivity index is 1.27. The van der Waals surface area contributed by atoms with Crippen molar-refractivity contribution in [3.63, 3.8) is 0 Å². The standard InChI is InChI=1S/C34H33NO4/c1-2-22-20-27-32(34(38)35(33(27)37)26-14-7-4-8-15-26)28-21-39-30(31(22)28)18-17-24(23-11-5-3-6-12-23)19-25-13-9-10-16-29(25)36/h3-16,19,27-28,30,32,36H,2,17-18,20-21H2,1H3/b24-19-/t27-,28+,30-,32-/m1/s1. The molecular weight excluding hydrogens is 486 g/mol. The van der Waals surface area contributed by atoms with Gasteiger partial charge in [0.1, 0.15) is 5.75 Å². The molecular formula is C34H33NO4. The molecule has 2 aliphatic heterocycles. The molecule has 6 rings (SSSR count). The van der Waals surface area contributed by atoms with Gasteiger partial charge in [-0.15, -0.1) is 0 Å². The molecule has 2 saturated heterocycles. The van der Waals surface area contributed by atoms with Crippen LogP contribution in [0.4, 0.5) is 5.69 Å². The largest absolute Gasteiger partial charge is 0.507 e. The molecule has 2 amide bonds. The monoisotopic (exact) mass is 519 g/mol. The van der Waals surface area contributed by atoms with Gasteiger partial charge in [0.25, 0.3) is 0 Å². The summed E-state index contributed by atoms with van der Waals surface area (Å²) in [5.41, 5.74) is 6.18. The molecule has 3 aromatic rings. The average molecular weight is 520 g/mol. The van der Waals surface area contributed by atoms with Crippen molar-refractivity contribution < 1.29 is 19.4 Å². The van der Waals surface area contributed by atoms with Crippen LogP contribution in [0.15, 0.2) is 96.1 Å². The van der Waals surface area contributed by atoms with Crippen molar-refractivity contribution in [1.29, 1.82) is 0 Å². The number of ether oxygens (including phenoxy) is 1.